The Morgan fingerprint density at radius 3 is 2.71 bits per heavy atom. The number of carbonyl (C=O) groups excluding carboxylic acids is 1. The Labute approximate surface area is 124 Å². The predicted molar refractivity (Wildman–Crippen MR) is 78.0 cm³/mol. The Morgan fingerprint density at radius 1 is 1.33 bits per heavy atom. The van der Waals surface area contributed by atoms with Gasteiger partial charge in [-0.25, -0.2) is 0 Å². The summed E-state index contributed by atoms with van der Waals surface area (Å²) in [6.07, 6.45) is 3.33. The number of carboxylic acids is 1. The van der Waals surface area contributed by atoms with E-state index in [1.807, 2.05) is 6.07 Å². The Balaban J connectivity index is 1.78. The highest BCUT2D eigenvalue weighted by Crippen LogP contribution is 2.17. The average Bonchev–Trinajstić information content (AvgIpc) is 2.99. The zero-order chi connectivity index (χ0) is 15.1. The number of aliphatic carboxylic acids is 1. The summed E-state index contributed by atoms with van der Waals surface area (Å²) in [5.74, 6) is -1.76. The van der Waals surface area contributed by atoms with Crippen LogP contribution in [0.15, 0.2) is 30.3 Å². The van der Waals surface area contributed by atoms with Gasteiger partial charge in [0.2, 0.25) is 5.91 Å². The number of nitrogens with one attached hydrogen (secondary N) is 1. The van der Waals surface area contributed by atoms with E-state index in [0.29, 0.717) is 18.4 Å². The van der Waals surface area contributed by atoms with Crippen molar-refractivity contribution in [1.82, 2.24) is 5.32 Å². The molecule has 0 radical (unpaired) electrons. The van der Waals surface area contributed by atoms with Crippen LogP contribution in [0.4, 0.5) is 0 Å². The van der Waals surface area contributed by atoms with E-state index in [-0.39, 0.29) is 18.6 Å². The van der Waals surface area contributed by atoms with Crippen LogP contribution >= 0.6 is 0 Å². The second-order valence-electron chi connectivity index (χ2n) is 5.28. The number of hydrogen-bond acceptors (Lipinski definition) is 3. The summed E-state index contributed by atoms with van der Waals surface area (Å²) >= 11 is 0. The van der Waals surface area contributed by atoms with Gasteiger partial charge in [0, 0.05) is 19.6 Å². The Kier molecular flexibility index (Phi) is 5.75. The Bertz CT molecular complexity index is 468. The summed E-state index contributed by atoms with van der Waals surface area (Å²) in [5, 5.41) is 12.0. The number of ether oxygens (including phenoxy) is 1. The molecule has 0 spiro atoms. The van der Waals surface area contributed by atoms with E-state index in [1.54, 1.807) is 24.3 Å². The van der Waals surface area contributed by atoms with E-state index < -0.39 is 11.9 Å². The molecule has 1 aromatic carbocycles. The van der Waals surface area contributed by atoms with Gasteiger partial charge in [-0.15, -0.1) is 0 Å². The van der Waals surface area contributed by atoms with Crippen molar-refractivity contribution < 1.29 is 19.4 Å². The Morgan fingerprint density at radius 2 is 2.10 bits per heavy atom. The minimum Gasteiger partial charge on any atom is -0.481 e. The first-order chi connectivity index (χ1) is 10.2. The standard InChI is InChI=1S/C16H21NO4/c18-15(9-8-13-7-4-10-21-13)17-11-14(16(19)20)12-5-2-1-3-6-12/h1-3,5-6,13-14H,4,7-11H2,(H,17,18)(H,19,20). The number of benzene rings is 1. The van der Waals surface area contributed by atoms with E-state index in [1.165, 1.54) is 0 Å². The van der Waals surface area contributed by atoms with Gasteiger partial charge in [0.05, 0.1) is 12.0 Å². The largest absolute Gasteiger partial charge is 0.481 e. The van der Waals surface area contributed by atoms with Crippen LogP contribution in [0.5, 0.6) is 0 Å². The van der Waals surface area contributed by atoms with Crippen molar-refractivity contribution in [3.8, 4) is 0 Å². The second kappa shape index (κ2) is 7.78. The molecule has 0 aliphatic carbocycles. The maximum Gasteiger partial charge on any atom is 0.312 e. The fourth-order valence-electron chi connectivity index (χ4n) is 2.50. The summed E-state index contributed by atoms with van der Waals surface area (Å²) in [6, 6.07) is 8.95. The second-order valence-corrected chi connectivity index (χ2v) is 5.28. The van der Waals surface area contributed by atoms with Gasteiger partial charge in [-0.1, -0.05) is 30.3 Å². The van der Waals surface area contributed by atoms with E-state index in [2.05, 4.69) is 5.32 Å². The van der Waals surface area contributed by atoms with Crippen molar-refractivity contribution in [3.63, 3.8) is 0 Å². The van der Waals surface area contributed by atoms with Crippen LogP contribution in [0.2, 0.25) is 0 Å². The highest BCUT2D eigenvalue weighted by atomic mass is 16.5. The third-order valence-electron chi connectivity index (χ3n) is 3.72. The summed E-state index contributed by atoms with van der Waals surface area (Å²) < 4.78 is 5.46. The van der Waals surface area contributed by atoms with E-state index in [9.17, 15) is 14.7 Å². The quantitative estimate of drug-likeness (QED) is 0.805. The molecular formula is C16H21NO4. The lowest BCUT2D eigenvalue weighted by molar-refractivity contribution is -0.138. The molecule has 1 saturated heterocycles. The maximum atomic E-state index is 11.8. The van der Waals surface area contributed by atoms with Crippen LogP contribution in [-0.4, -0.2) is 36.2 Å². The molecule has 1 fully saturated rings. The van der Waals surface area contributed by atoms with Gasteiger partial charge in [0.1, 0.15) is 0 Å². The number of amides is 1. The fraction of sp³-hybridized carbons (Fsp3) is 0.500. The van der Waals surface area contributed by atoms with Crippen LogP contribution < -0.4 is 5.32 Å². The van der Waals surface area contributed by atoms with Crippen molar-refractivity contribution in [3.05, 3.63) is 35.9 Å². The summed E-state index contributed by atoms with van der Waals surface area (Å²) in [4.78, 5) is 23.1. The third kappa shape index (κ3) is 4.86. The summed E-state index contributed by atoms with van der Waals surface area (Å²) in [5.41, 5.74) is 0.699. The molecule has 1 heterocycles. The zero-order valence-electron chi connectivity index (χ0n) is 12.0. The molecule has 21 heavy (non-hydrogen) atoms. The first-order valence-corrected chi connectivity index (χ1v) is 7.33. The molecule has 0 aromatic heterocycles. The maximum absolute atomic E-state index is 11.8. The number of hydrogen-bond donors (Lipinski definition) is 2. The van der Waals surface area contributed by atoms with Crippen molar-refractivity contribution in [1.29, 1.82) is 0 Å². The SMILES string of the molecule is O=C(CCC1CCCO1)NCC(C(=O)O)c1ccccc1. The summed E-state index contributed by atoms with van der Waals surface area (Å²) in [7, 11) is 0. The van der Waals surface area contributed by atoms with Crippen LogP contribution in [0, 0.1) is 0 Å². The normalized spacial score (nSPS) is 19.1. The van der Waals surface area contributed by atoms with Crippen LogP contribution in [0.25, 0.3) is 0 Å². The van der Waals surface area contributed by atoms with Crippen molar-refractivity contribution in [2.75, 3.05) is 13.2 Å². The van der Waals surface area contributed by atoms with Crippen molar-refractivity contribution in [2.45, 2.75) is 37.7 Å². The molecule has 2 atom stereocenters. The molecule has 1 amide bonds. The first kappa shape index (κ1) is 15.5. The van der Waals surface area contributed by atoms with Crippen LogP contribution in [-0.2, 0) is 14.3 Å². The van der Waals surface area contributed by atoms with Gasteiger partial charge in [0.15, 0.2) is 0 Å². The summed E-state index contributed by atoms with van der Waals surface area (Å²) in [6.45, 7) is 0.894. The molecule has 1 aromatic rings. The minimum absolute atomic E-state index is 0.115. The zero-order valence-corrected chi connectivity index (χ0v) is 12.0. The van der Waals surface area contributed by atoms with Gasteiger partial charge >= 0.3 is 5.97 Å². The van der Waals surface area contributed by atoms with Gasteiger partial charge in [0.25, 0.3) is 0 Å². The number of carbonyl (C=O) groups is 2. The lowest BCUT2D eigenvalue weighted by Gasteiger charge is -2.14. The van der Waals surface area contributed by atoms with E-state index in [4.69, 9.17) is 4.74 Å². The van der Waals surface area contributed by atoms with E-state index >= 15 is 0 Å². The number of rotatable bonds is 7. The molecule has 1 aliphatic heterocycles. The monoisotopic (exact) mass is 291 g/mol. The van der Waals surface area contributed by atoms with E-state index in [0.717, 1.165) is 19.4 Å². The van der Waals surface area contributed by atoms with Crippen LogP contribution in [0.1, 0.15) is 37.2 Å². The smallest absolute Gasteiger partial charge is 0.312 e. The average molecular weight is 291 g/mol. The predicted octanol–water partition coefficient (Wildman–Crippen LogP) is 1.93. The molecular weight excluding hydrogens is 270 g/mol. The van der Waals surface area contributed by atoms with Crippen LogP contribution in [0.3, 0.4) is 0 Å². The molecule has 1 aliphatic rings. The van der Waals surface area contributed by atoms with Crippen molar-refractivity contribution >= 4 is 11.9 Å². The lowest BCUT2D eigenvalue weighted by atomic mass is 9.99. The van der Waals surface area contributed by atoms with Crippen molar-refractivity contribution in [2.24, 2.45) is 0 Å². The lowest BCUT2D eigenvalue weighted by Crippen LogP contribution is -2.32. The molecule has 5 heteroatoms. The molecule has 0 saturated carbocycles. The minimum atomic E-state index is -0.930. The molecule has 114 valence electrons. The van der Waals surface area contributed by atoms with Gasteiger partial charge in [-0.2, -0.15) is 0 Å². The Hall–Kier alpha value is -1.88. The third-order valence-corrected chi connectivity index (χ3v) is 3.72. The van der Waals surface area contributed by atoms with Gasteiger partial charge < -0.3 is 15.2 Å². The fourth-order valence-corrected chi connectivity index (χ4v) is 2.50. The highest BCUT2D eigenvalue weighted by Gasteiger charge is 2.21. The molecule has 2 rings (SSSR count). The molecule has 0 bridgehead atoms. The first-order valence-electron chi connectivity index (χ1n) is 7.33. The number of carboxylic acid groups (broad SMARTS) is 1. The highest BCUT2D eigenvalue weighted by molar-refractivity contribution is 5.79. The topological polar surface area (TPSA) is 75.6 Å². The molecule has 2 N–H and O–H groups in total. The van der Waals surface area contributed by atoms with Gasteiger partial charge in [-0.05, 0) is 24.8 Å². The van der Waals surface area contributed by atoms with Gasteiger partial charge in [-0.3, -0.25) is 9.59 Å². The molecule has 2 unspecified atom stereocenters. The molecule has 5 nitrogen and oxygen atoms in total.